The molecule has 0 fully saturated rings. The van der Waals surface area contributed by atoms with E-state index in [1.807, 2.05) is 19.0 Å². The van der Waals surface area contributed by atoms with Crippen LogP contribution in [0, 0.1) is 5.92 Å². The van der Waals surface area contributed by atoms with Gasteiger partial charge in [-0.1, -0.05) is 13.8 Å². The van der Waals surface area contributed by atoms with Crippen LogP contribution in [0.25, 0.3) is 0 Å². The van der Waals surface area contributed by atoms with Crippen LogP contribution in [-0.2, 0) is 17.8 Å². The van der Waals surface area contributed by atoms with Crippen molar-refractivity contribution < 1.29 is 9.59 Å². The summed E-state index contributed by atoms with van der Waals surface area (Å²) in [5, 5.41) is 10.0. The van der Waals surface area contributed by atoms with Gasteiger partial charge in [0.05, 0.1) is 6.54 Å². The molecule has 7 nitrogen and oxygen atoms in total. The molecular formula is C16H27N5O2. The molecule has 23 heavy (non-hydrogen) atoms. The van der Waals surface area contributed by atoms with Crippen LogP contribution in [0.3, 0.4) is 0 Å². The minimum absolute atomic E-state index is 0.0769. The van der Waals surface area contributed by atoms with Crippen molar-refractivity contribution in [3.63, 3.8) is 0 Å². The Balaban J connectivity index is 2.02. The number of nitrogens with zero attached hydrogens (tertiary/aromatic N) is 3. The number of carbonyl (C=O) groups is 2. The Morgan fingerprint density at radius 2 is 2.13 bits per heavy atom. The summed E-state index contributed by atoms with van der Waals surface area (Å²) < 4.78 is 0. The molecule has 0 atom stereocenters. The Kier molecular flexibility index (Phi) is 5.76. The molecule has 1 aromatic heterocycles. The van der Waals surface area contributed by atoms with Crippen molar-refractivity contribution in [2.75, 3.05) is 33.7 Å². The number of H-pyrrole nitrogens is 1. The number of hydrogen-bond donors (Lipinski definition) is 2. The van der Waals surface area contributed by atoms with Crippen molar-refractivity contribution in [3.8, 4) is 0 Å². The average molecular weight is 321 g/mol. The zero-order valence-corrected chi connectivity index (χ0v) is 14.5. The number of hydrogen-bond acceptors (Lipinski definition) is 4. The van der Waals surface area contributed by atoms with E-state index in [4.69, 9.17) is 0 Å². The largest absolute Gasteiger partial charge is 0.351 e. The Labute approximate surface area is 137 Å². The lowest BCUT2D eigenvalue weighted by molar-refractivity contribution is -0.132. The number of amides is 2. The zero-order valence-electron chi connectivity index (χ0n) is 14.5. The van der Waals surface area contributed by atoms with Gasteiger partial charge in [-0.25, -0.2) is 0 Å². The summed E-state index contributed by atoms with van der Waals surface area (Å²) in [7, 11) is 3.75. The van der Waals surface area contributed by atoms with Crippen molar-refractivity contribution in [1.82, 2.24) is 25.3 Å². The molecule has 0 saturated heterocycles. The second-order valence-electron chi connectivity index (χ2n) is 6.77. The fraction of sp³-hybridized carbons (Fsp3) is 0.688. The molecule has 1 aromatic rings. The first kappa shape index (κ1) is 17.5. The Bertz CT molecular complexity index is 565. The molecule has 7 heteroatoms. The highest BCUT2D eigenvalue weighted by Gasteiger charge is 2.27. The van der Waals surface area contributed by atoms with E-state index in [2.05, 4.69) is 29.4 Å². The highest BCUT2D eigenvalue weighted by atomic mass is 16.2. The number of rotatable bonds is 6. The van der Waals surface area contributed by atoms with Gasteiger partial charge < -0.3 is 15.1 Å². The highest BCUT2D eigenvalue weighted by molar-refractivity contribution is 5.94. The van der Waals surface area contributed by atoms with Crippen LogP contribution in [0.15, 0.2) is 0 Å². The van der Waals surface area contributed by atoms with E-state index in [0.29, 0.717) is 44.2 Å². The van der Waals surface area contributed by atoms with E-state index in [1.165, 1.54) is 0 Å². The van der Waals surface area contributed by atoms with E-state index in [9.17, 15) is 9.59 Å². The van der Waals surface area contributed by atoms with E-state index < -0.39 is 0 Å². The minimum Gasteiger partial charge on any atom is -0.351 e. The van der Waals surface area contributed by atoms with Crippen LogP contribution in [-0.4, -0.2) is 65.5 Å². The van der Waals surface area contributed by atoms with Gasteiger partial charge in [-0.2, -0.15) is 5.10 Å². The molecule has 0 aromatic carbocycles. The molecule has 0 bridgehead atoms. The monoisotopic (exact) mass is 321 g/mol. The van der Waals surface area contributed by atoms with Crippen molar-refractivity contribution in [1.29, 1.82) is 0 Å². The number of aromatic nitrogens is 2. The summed E-state index contributed by atoms with van der Waals surface area (Å²) in [4.78, 5) is 28.2. The average Bonchev–Trinajstić information content (AvgIpc) is 2.88. The number of aromatic amines is 1. The summed E-state index contributed by atoms with van der Waals surface area (Å²) in [6, 6.07) is 0. The summed E-state index contributed by atoms with van der Waals surface area (Å²) in [6.45, 7) is 6.37. The summed E-state index contributed by atoms with van der Waals surface area (Å²) in [6.07, 6.45) is 1.65. The van der Waals surface area contributed by atoms with Gasteiger partial charge in [-0.3, -0.25) is 14.7 Å². The predicted octanol–water partition coefficient (Wildman–Crippen LogP) is 0.632. The van der Waals surface area contributed by atoms with Gasteiger partial charge in [0.25, 0.3) is 5.91 Å². The fourth-order valence-corrected chi connectivity index (χ4v) is 2.62. The zero-order chi connectivity index (χ0) is 17.0. The van der Waals surface area contributed by atoms with Crippen LogP contribution in [0.5, 0.6) is 0 Å². The first-order valence-corrected chi connectivity index (χ1v) is 8.15. The first-order chi connectivity index (χ1) is 10.9. The smallest absolute Gasteiger partial charge is 0.272 e. The van der Waals surface area contributed by atoms with Gasteiger partial charge >= 0.3 is 0 Å². The van der Waals surface area contributed by atoms with E-state index in [1.54, 1.807) is 4.90 Å². The van der Waals surface area contributed by atoms with E-state index >= 15 is 0 Å². The van der Waals surface area contributed by atoms with Crippen molar-refractivity contribution >= 4 is 11.8 Å². The highest BCUT2D eigenvalue weighted by Crippen LogP contribution is 2.20. The Morgan fingerprint density at radius 1 is 1.39 bits per heavy atom. The number of carbonyl (C=O) groups excluding carboxylic acids is 2. The third kappa shape index (κ3) is 4.54. The van der Waals surface area contributed by atoms with Gasteiger partial charge in [0.1, 0.15) is 0 Å². The standard InChI is InChI=1S/C16H27N5O2/c1-11(2)5-7-17-16(23)15-12-9-21(14(22)10-20(3)4)8-6-13(12)18-19-15/h11H,5-10H2,1-4H3,(H,17,23)(H,18,19). The molecule has 128 valence electrons. The second-order valence-corrected chi connectivity index (χ2v) is 6.77. The summed E-state index contributed by atoms with van der Waals surface area (Å²) in [5.74, 6) is 0.459. The van der Waals surface area contributed by atoms with Gasteiger partial charge in [-0.05, 0) is 26.4 Å². The molecule has 2 amide bonds. The molecule has 0 spiro atoms. The molecule has 1 aliphatic rings. The molecule has 0 unspecified atom stereocenters. The van der Waals surface area contributed by atoms with Crippen LogP contribution < -0.4 is 5.32 Å². The maximum absolute atomic E-state index is 12.3. The SMILES string of the molecule is CC(C)CCNC(=O)c1n[nH]c2c1CN(C(=O)CN(C)C)CC2. The third-order valence-electron chi connectivity index (χ3n) is 3.96. The lowest BCUT2D eigenvalue weighted by Gasteiger charge is -2.28. The third-order valence-corrected chi connectivity index (χ3v) is 3.96. The van der Waals surface area contributed by atoms with Gasteiger partial charge in [0.15, 0.2) is 5.69 Å². The van der Waals surface area contributed by atoms with Crippen molar-refractivity contribution in [2.45, 2.75) is 33.2 Å². The van der Waals surface area contributed by atoms with E-state index in [0.717, 1.165) is 17.7 Å². The lowest BCUT2D eigenvalue weighted by Crippen LogP contribution is -2.41. The molecule has 0 saturated carbocycles. The van der Waals surface area contributed by atoms with Crippen molar-refractivity contribution in [3.05, 3.63) is 17.0 Å². The minimum atomic E-state index is -0.162. The lowest BCUT2D eigenvalue weighted by atomic mass is 10.0. The Morgan fingerprint density at radius 3 is 2.78 bits per heavy atom. The maximum atomic E-state index is 12.3. The van der Waals surface area contributed by atoms with Gasteiger partial charge in [-0.15, -0.1) is 0 Å². The molecule has 2 N–H and O–H groups in total. The predicted molar refractivity (Wildman–Crippen MR) is 88.1 cm³/mol. The summed E-state index contributed by atoms with van der Waals surface area (Å²) >= 11 is 0. The molecule has 0 radical (unpaired) electrons. The summed E-state index contributed by atoms with van der Waals surface area (Å²) in [5.41, 5.74) is 2.24. The van der Waals surface area contributed by atoms with Crippen LogP contribution in [0.2, 0.25) is 0 Å². The van der Waals surface area contributed by atoms with E-state index in [-0.39, 0.29) is 11.8 Å². The number of nitrogens with one attached hydrogen (secondary N) is 2. The molecule has 1 aliphatic heterocycles. The molecular weight excluding hydrogens is 294 g/mol. The quantitative estimate of drug-likeness (QED) is 0.805. The Hall–Kier alpha value is -1.89. The van der Waals surface area contributed by atoms with Gasteiger partial charge in [0, 0.05) is 37.3 Å². The fourth-order valence-electron chi connectivity index (χ4n) is 2.62. The van der Waals surface area contributed by atoms with Crippen LogP contribution in [0.4, 0.5) is 0 Å². The second kappa shape index (κ2) is 7.59. The number of likely N-dealkylation sites (N-methyl/N-ethyl adjacent to an activating group) is 1. The van der Waals surface area contributed by atoms with Crippen LogP contribution >= 0.6 is 0 Å². The molecule has 0 aliphatic carbocycles. The topological polar surface area (TPSA) is 81.3 Å². The van der Waals surface area contributed by atoms with Crippen LogP contribution in [0.1, 0.15) is 42.0 Å². The maximum Gasteiger partial charge on any atom is 0.272 e. The molecule has 2 rings (SSSR count). The van der Waals surface area contributed by atoms with Gasteiger partial charge in [0.2, 0.25) is 5.91 Å². The van der Waals surface area contributed by atoms with Crippen molar-refractivity contribution in [2.24, 2.45) is 5.92 Å². The first-order valence-electron chi connectivity index (χ1n) is 8.15. The molecule has 2 heterocycles. The normalized spacial score (nSPS) is 14.3. The number of fused-ring (bicyclic) bond motifs is 1.